The Morgan fingerprint density at radius 1 is 1.10 bits per heavy atom. The van der Waals surface area contributed by atoms with Crippen LogP contribution in [0.25, 0.3) is 17.1 Å². The average Bonchev–Trinajstić information content (AvgIpc) is 3.39. The average molecular weight is 439 g/mol. The van der Waals surface area contributed by atoms with Gasteiger partial charge in [-0.1, -0.05) is 18.2 Å². The zero-order chi connectivity index (χ0) is 21.5. The molecule has 2 aliphatic rings. The summed E-state index contributed by atoms with van der Waals surface area (Å²) < 4.78 is 26.1. The second-order valence-corrected chi connectivity index (χ2v) is 7.73. The van der Waals surface area contributed by atoms with Crippen molar-refractivity contribution in [2.75, 3.05) is 20.8 Å². The van der Waals surface area contributed by atoms with Crippen molar-refractivity contribution in [1.29, 1.82) is 0 Å². The van der Waals surface area contributed by atoms with Crippen LogP contribution in [0.5, 0.6) is 11.5 Å². The minimum absolute atomic E-state index is 0.0948. The molecule has 0 amide bonds. The molecule has 8 nitrogen and oxygen atoms in total. The van der Waals surface area contributed by atoms with Crippen LogP contribution < -0.4 is 9.47 Å². The Hall–Kier alpha value is -3.01. The predicted octanol–water partition coefficient (Wildman–Crippen LogP) is 3.34. The maximum atomic E-state index is 12.4. The number of carbonyl (C=O) groups is 1. The molecule has 2 fully saturated rings. The number of hydrogen-bond acceptors (Lipinski definition) is 7. The maximum absolute atomic E-state index is 12.4. The van der Waals surface area contributed by atoms with Crippen molar-refractivity contribution in [3.63, 3.8) is 0 Å². The fourth-order valence-corrected chi connectivity index (χ4v) is 4.41. The van der Waals surface area contributed by atoms with E-state index in [1.165, 1.54) is 0 Å². The number of ketones is 1. The first kappa shape index (κ1) is 19.9. The van der Waals surface area contributed by atoms with E-state index >= 15 is 0 Å². The molecular formula is C22H21N3O5S. The van der Waals surface area contributed by atoms with Crippen molar-refractivity contribution in [2.24, 2.45) is 0 Å². The number of carbonyl (C=O) groups excluding carboxylic acids is 1. The van der Waals surface area contributed by atoms with Gasteiger partial charge in [0.15, 0.2) is 23.1 Å². The highest BCUT2D eigenvalue weighted by Gasteiger charge is 2.45. The number of ether oxygens (including phenoxy) is 4. The van der Waals surface area contributed by atoms with Crippen LogP contribution in [0, 0.1) is 4.77 Å². The summed E-state index contributed by atoms with van der Waals surface area (Å²) in [4.78, 5) is 12.4. The van der Waals surface area contributed by atoms with Crippen molar-refractivity contribution in [2.45, 2.75) is 24.9 Å². The molecule has 2 saturated heterocycles. The molecule has 0 N–H and O–H groups in total. The van der Waals surface area contributed by atoms with Crippen molar-refractivity contribution in [1.82, 2.24) is 14.3 Å². The molecule has 0 radical (unpaired) electrons. The minimum Gasteiger partial charge on any atom is -0.493 e. The lowest BCUT2D eigenvalue weighted by Crippen LogP contribution is -2.37. The van der Waals surface area contributed by atoms with E-state index in [1.807, 2.05) is 53.1 Å². The fourth-order valence-electron chi connectivity index (χ4n) is 4.04. The Morgan fingerprint density at radius 3 is 2.61 bits per heavy atom. The van der Waals surface area contributed by atoms with Gasteiger partial charge in [-0.25, -0.2) is 4.68 Å². The zero-order valence-electron chi connectivity index (χ0n) is 17.1. The van der Waals surface area contributed by atoms with Gasteiger partial charge in [0.25, 0.3) is 0 Å². The lowest BCUT2D eigenvalue weighted by Gasteiger charge is -2.26. The highest BCUT2D eigenvalue weighted by atomic mass is 32.1. The van der Waals surface area contributed by atoms with Crippen LogP contribution >= 0.6 is 12.2 Å². The topological polar surface area (TPSA) is 76.7 Å². The SMILES string of the molecule is COc1ccc(-c2nn(C3CC(=O)C4OCC3O4)c(=S)n2-c2ccccc2)cc1OC. The second kappa shape index (κ2) is 7.92. The summed E-state index contributed by atoms with van der Waals surface area (Å²) in [6.07, 6.45) is -0.774. The molecule has 160 valence electrons. The summed E-state index contributed by atoms with van der Waals surface area (Å²) in [7, 11) is 3.18. The first-order valence-corrected chi connectivity index (χ1v) is 10.3. The number of benzene rings is 2. The molecule has 3 unspecified atom stereocenters. The lowest BCUT2D eigenvalue weighted by atomic mass is 10.0. The smallest absolute Gasteiger partial charge is 0.218 e. The third-order valence-electron chi connectivity index (χ3n) is 5.58. The highest BCUT2D eigenvalue weighted by molar-refractivity contribution is 7.71. The molecule has 3 aromatic rings. The van der Waals surface area contributed by atoms with Gasteiger partial charge in [0, 0.05) is 17.7 Å². The van der Waals surface area contributed by atoms with Crippen LogP contribution in [0.1, 0.15) is 12.5 Å². The molecule has 1 aromatic heterocycles. The summed E-state index contributed by atoms with van der Waals surface area (Å²) in [5, 5.41) is 4.85. The van der Waals surface area contributed by atoms with Gasteiger partial charge < -0.3 is 18.9 Å². The molecule has 3 heterocycles. The van der Waals surface area contributed by atoms with Crippen LogP contribution in [0.2, 0.25) is 0 Å². The second-order valence-electron chi connectivity index (χ2n) is 7.37. The van der Waals surface area contributed by atoms with E-state index in [9.17, 15) is 4.79 Å². The molecule has 9 heteroatoms. The Kier molecular flexibility index (Phi) is 5.09. The van der Waals surface area contributed by atoms with Gasteiger partial charge in [-0.3, -0.25) is 9.36 Å². The molecule has 2 aromatic carbocycles. The standard InChI is InChI=1S/C22H21N3O5S/c1-27-17-9-8-13(10-18(17)28-2)20-23-25(15-11-16(26)21-29-12-19(15)30-21)22(31)24(20)14-6-4-3-5-7-14/h3-10,15,19,21H,11-12H2,1-2H3. The lowest BCUT2D eigenvalue weighted by molar-refractivity contribution is -0.156. The fraction of sp³-hybridized carbons (Fsp3) is 0.318. The predicted molar refractivity (Wildman–Crippen MR) is 114 cm³/mol. The van der Waals surface area contributed by atoms with E-state index in [-0.39, 0.29) is 24.3 Å². The van der Waals surface area contributed by atoms with Gasteiger partial charge >= 0.3 is 0 Å². The van der Waals surface area contributed by atoms with E-state index in [4.69, 9.17) is 36.3 Å². The van der Waals surface area contributed by atoms with Crippen LogP contribution in [0.4, 0.5) is 0 Å². The van der Waals surface area contributed by atoms with Gasteiger partial charge in [-0.05, 0) is 42.5 Å². The maximum Gasteiger partial charge on any atom is 0.218 e. The van der Waals surface area contributed by atoms with Gasteiger partial charge in [0.2, 0.25) is 11.1 Å². The molecule has 0 spiro atoms. The number of nitrogens with zero attached hydrogens (tertiary/aromatic N) is 3. The Balaban J connectivity index is 1.68. The quantitative estimate of drug-likeness (QED) is 0.564. The third-order valence-corrected chi connectivity index (χ3v) is 5.95. The van der Waals surface area contributed by atoms with Crippen molar-refractivity contribution < 1.29 is 23.7 Å². The molecule has 31 heavy (non-hydrogen) atoms. The number of hydrogen-bond donors (Lipinski definition) is 0. The van der Waals surface area contributed by atoms with Gasteiger partial charge in [0.05, 0.1) is 26.9 Å². The molecule has 2 bridgehead atoms. The van der Waals surface area contributed by atoms with Crippen molar-refractivity contribution in [3.05, 3.63) is 53.3 Å². The summed E-state index contributed by atoms with van der Waals surface area (Å²) >= 11 is 5.84. The summed E-state index contributed by atoms with van der Waals surface area (Å²) in [5.74, 6) is 1.74. The molecule has 0 aliphatic carbocycles. The van der Waals surface area contributed by atoms with E-state index < -0.39 is 6.29 Å². The van der Waals surface area contributed by atoms with E-state index in [0.717, 1.165) is 11.3 Å². The van der Waals surface area contributed by atoms with Crippen molar-refractivity contribution >= 4 is 18.0 Å². The molecule has 5 rings (SSSR count). The van der Waals surface area contributed by atoms with Crippen LogP contribution in [0.3, 0.4) is 0 Å². The van der Waals surface area contributed by atoms with Crippen LogP contribution in [0.15, 0.2) is 48.5 Å². The normalized spacial score (nSPS) is 22.5. The Labute approximate surface area is 183 Å². The molecule has 2 aliphatic heterocycles. The number of rotatable bonds is 5. The number of aromatic nitrogens is 3. The van der Waals surface area contributed by atoms with Crippen LogP contribution in [-0.2, 0) is 14.3 Å². The van der Waals surface area contributed by atoms with Crippen LogP contribution in [-0.4, -0.2) is 53.4 Å². The van der Waals surface area contributed by atoms with Gasteiger partial charge in [0.1, 0.15) is 6.10 Å². The monoisotopic (exact) mass is 439 g/mol. The third kappa shape index (κ3) is 3.34. The Bertz CT molecular complexity index is 1190. The summed E-state index contributed by atoms with van der Waals surface area (Å²) in [6, 6.07) is 15.0. The largest absolute Gasteiger partial charge is 0.493 e. The molecule has 3 atom stereocenters. The van der Waals surface area contributed by atoms with Gasteiger partial charge in [-0.15, -0.1) is 0 Å². The van der Waals surface area contributed by atoms with E-state index in [0.29, 0.717) is 28.7 Å². The summed E-state index contributed by atoms with van der Waals surface area (Å²) in [5.41, 5.74) is 1.67. The number of para-hydroxylation sites is 1. The van der Waals surface area contributed by atoms with Crippen molar-refractivity contribution in [3.8, 4) is 28.6 Å². The van der Waals surface area contributed by atoms with E-state index in [1.54, 1.807) is 18.9 Å². The first-order chi connectivity index (χ1) is 15.1. The summed E-state index contributed by atoms with van der Waals surface area (Å²) in [6.45, 7) is 0.340. The number of Topliss-reactive ketones (excluding diaryl/α,β-unsaturated/α-hetero) is 1. The number of methoxy groups -OCH3 is 2. The Morgan fingerprint density at radius 2 is 1.87 bits per heavy atom. The minimum atomic E-state index is -0.767. The molecular weight excluding hydrogens is 418 g/mol. The number of fused-ring (bicyclic) bond motifs is 2. The van der Waals surface area contributed by atoms with E-state index in [2.05, 4.69) is 0 Å². The molecule has 0 saturated carbocycles. The zero-order valence-corrected chi connectivity index (χ0v) is 17.9. The van der Waals surface area contributed by atoms with Gasteiger partial charge in [-0.2, -0.15) is 5.10 Å². The first-order valence-electron chi connectivity index (χ1n) is 9.90. The highest BCUT2D eigenvalue weighted by Crippen LogP contribution is 2.36.